The first-order valence-electron chi connectivity index (χ1n) is 12.0. The average Bonchev–Trinajstić information content (AvgIpc) is 3.67. The van der Waals surface area contributed by atoms with Gasteiger partial charge in [-0.25, -0.2) is 4.98 Å². The van der Waals surface area contributed by atoms with E-state index in [4.69, 9.17) is 22.1 Å². The number of ether oxygens (including phenoxy) is 1. The Morgan fingerprint density at radius 2 is 1.89 bits per heavy atom. The molecule has 0 radical (unpaired) electrons. The van der Waals surface area contributed by atoms with E-state index in [1.807, 2.05) is 36.4 Å². The fourth-order valence-electron chi connectivity index (χ4n) is 4.67. The number of carbonyl (C=O) groups excluding carboxylic acids is 2. The molecule has 0 bridgehead atoms. The van der Waals surface area contributed by atoms with Gasteiger partial charge in [0.15, 0.2) is 11.6 Å². The number of primary amides is 1. The summed E-state index contributed by atoms with van der Waals surface area (Å²) in [5, 5.41) is 0.472. The fraction of sp³-hybridized carbons (Fsp3) is 0.321. The van der Waals surface area contributed by atoms with Crippen LogP contribution in [0.5, 0.6) is 5.75 Å². The Labute approximate surface area is 210 Å². The lowest BCUT2D eigenvalue weighted by Crippen LogP contribution is -2.50. The number of amides is 2. The average molecular weight is 490 g/mol. The minimum atomic E-state index is -0.538. The third-order valence-electron chi connectivity index (χ3n) is 7.13. The zero-order chi connectivity index (χ0) is 24.6. The SMILES string of the molecule is CN(C(=O)C1(c2ccccc2)CCC1)c1ncc(-c2cc(C(N)=O)ccc2Cl)cc1OCC1CC1. The molecule has 2 aliphatic rings. The van der Waals surface area contributed by atoms with Crippen molar-refractivity contribution in [2.75, 3.05) is 18.6 Å². The lowest BCUT2D eigenvalue weighted by atomic mass is 9.63. The molecule has 3 aromatic rings. The van der Waals surface area contributed by atoms with E-state index in [1.165, 1.54) is 0 Å². The van der Waals surface area contributed by atoms with E-state index >= 15 is 0 Å². The standard InChI is InChI=1S/C28H28ClN3O3/c1-32(27(34)28(12-5-13-28)21-6-3-2-4-7-21)26-24(35-17-18-8-9-18)15-20(16-31-26)22-14-19(25(30)33)10-11-23(22)29/h2-4,6-7,10-11,14-16,18H,5,8-9,12-13,17H2,1H3,(H2,30,33). The number of hydrogen-bond acceptors (Lipinski definition) is 4. The van der Waals surface area contributed by atoms with Crippen LogP contribution in [0.15, 0.2) is 60.8 Å². The van der Waals surface area contributed by atoms with Crippen molar-refractivity contribution in [3.63, 3.8) is 0 Å². The van der Waals surface area contributed by atoms with Crippen LogP contribution in [-0.4, -0.2) is 30.5 Å². The number of pyridine rings is 1. The number of carbonyl (C=O) groups is 2. The molecule has 0 aliphatic heterocycles. The maximum atomic E-state index is 13.8. The van der Waals surface area contributed by atoms with E-state index in [-0.39, 0.29) is 5.91 Å². The van der Waals surface area contributed by atoms with Crippen molar-refractivity contribution in [2.45, 2.75) is 37.5 Å². The molecule has 2 aromatic carbocycles. The van der Waals surface area contributed by atoms with Gasteiger partial charge >= 0.3 is 0 Å². The maximum Gasteiger partial charge on any atom is 0.248 e. The van der Waals surface area contributed by atoms with Crippen LogP contribution in [0, 0.1) is 5.92 Å². The summed E-state index contributed by atoms with van der Waals surface area (Å²) < 4.78 is 6.19. The molecule has 2 fully saturated rings. The van der Waals surface area contributed by atoms with Gasteiger partial charge in [-0.3, -0.25) is 14.5 Å². The Kier molecular flexibility index (Phi) is 6.24. The van der Waals surface area contributed by atoms with Gasteiger partial charge in [-0.15, -0.1) is 0 Å². The second kappa shape index (κ2) is 9.34. The summed E-state index contributed by atoms with van der Waals surface area (Å²) >= 11 is 6.45. The molecule has 0 unspecified atom stereocenters. The zero-order valence-corrected chi connectivity index (χ0v) is 20.4. The number of aromatic nitrogens is 1. The first kappa shape index (κ1) is 23.4. The predicted molar refractivity (Wildman–Crippen MR) is 137 cm³/mol. The Morgan fingerprint density at radius 3 is 2.51 bits per heavy atom. The lowest BCUT2D eigenvalue weighted by Gasteiger charge is -2.43. The van der Waals surface area contributed by atoms with Gasteiger partial charge in [0.1, 0.15) is 0 Å². The van der Waals surface area contributed by atoms with Crippen molar-refractivity contribution in [1.82, 2.24) is 4.98 Å². The zero-order valence-electron chi connectivity index (χ0n) is 19.7. The molecule has 2 amide bonds. The van der Waals surface area contributed by atoms with Crippen molar-refractivity contribution < 1.29 is 14.3 Å². The van der Waals surface area contributed by atoms with Gasteiger partial charge in [0.25, 0.3) is 0 Å². The van der Waals surface area contributed by atoms with Gasteiger partial charge in [-0.05, 0) is 61.4 Å². The first-order valence-corrected chi connectivity index (χ1v) is 12.3. The fourth-order valence-corrected chi connectivity index (χ4v) is 4.89. The lowest BCUT2D eigenvalue weighted by molar-refractivity contribution is -0.126. The van der Waals surface area contributed by atoms with Crippen LogP contribution in [0.25, 0.3) is 11.1 Å². The highest BCUT2D eigenvalue weighted by molar-refractivity contribution is 6.33. The molecule has 0 spiro atoms. The predicted octanol–water partition coefficient (Wildman–Crippen LogP) is 5.37. The van der Waals surface area contributed by atoms with Gasteiger partial charge in [-0.1, -0.05) is 48.4 Å². The van der Waals surface area contributed by atoms with Crippen LogP contribution in [0.2, 0.25) is 5.02 Å². The Morgan fingerprint density at radius 1 is 1.14 bits per heavy atom. The monoisotopic (exact) mass is 489 g/mol. The minimum Gasteiger partial charge on any atom is -0.489 e. The molecule has 5 rings (SSSR count). The highest BCUT2D eigenvalue weighted by atomic mass is 35.5. The Balaban J connectivity index is 1.51. The first-order chi connectivity index (χ1) is 16.9. The van der Waals surface area contributed by atoms with Crippen molar-refractivity contribution in [1.29, 1.82) is 0 Å². The maximum absolute atomic E-state index is 13.8. The summed E-state index contributed by atoms with van der Waals surface area (Å²) in [6.45, 7) is 0.569. The van der Waals surface area contributed by atoms with Gasteiger partial charge in [-0.2, -0.15) is 0 Å². The van der Waals surface area contributed by atoms with Gasteiger partial charge in [0.05, 0.1) is 12.0 Å². The smallest absolute Gasteiger partial charge is 0.248 e. The van der Waals surface area contributed by atoms with E-state index in [0.29, 0.717) is 45.8 Å². The molecular formula is C28H28ClN3O3. The summed E-state index contributed by atoms with van der Waals surface area (Å²) in [5.74, 6) is 1.00. The third-order valence-corrected chi connectivity index (χ3v) is 7.46. The molecule has 2 aliphatic carbocycles. The molecule has 2 saturated carbocycles. The summed E-state index contributed by atoms with van der Waals surface area (Å²) in [5.41, 5.74) is 7.64. The quantitative estimate of drug-likeness (QED) is 0.460. The molecule has 0 saturated heterocycles. The number of anilines is 1. The second-order valence-electron chi connectivity index (χ2n) is 9.52. The van der Waals surface area contributed by atoms with E-state index in [2.05, 4.69) is 4.98 Å². The van der Waals surface area contributed by atoms with Crippen LogP contribution >= 0.6 is 11.6 Å². The molecule has 35 heavy (non-hydrogen) atoms. The number of nitrogens with zero attached hydrogens (tertiary/aromatic N) is 2. The number of rotatable bonds is 8. The van der Waals surface area contributed by atoms with Crippen LogP contribution < -0.4 is 15.4 Å². The summed E-state index contributed by atoms with van der Waals surface area (Å²) in [6.07, 6.45) is 6.57. The minimum absolute atomic E-state index is 0.0141. The van der Waals surface area contributed by atoms with E-state index < -0.39 is 11.3 Å². The normalized spacial score (nSPS) is 16.3. The summed E-state index contributed by atoms with van der Waals surface area (Å²) in [6, 6.07) is 16.7. The van der Waals surface area contributed by atoms with Crippen molar-refractivity contribution in [3.8, 4) is 16.9 Å². The number of likely N-dealkylation sites (N-methyl/N-ethyl adjacent to an activating group) is 1. The van der Waals surface area contributed by atoms with Gasteiger partial charge in [0.2, 0.25) is 11.8 Å². The van der Waals surface area contributed by atoms with Crippen LogP contribution in [0.4, 0.5) is 5.82 Å². The number of halogens is 1. The van der Waals surface area contributed by atoms with Crippen LogP contribution in [0.1, 0.15) is 48.0 Å². The molecule has 7 heteroatoms. The molecule has 6 nitrogen and oxygen atoms in total. The molecule has 2 N–H and O–H groups in total. The van der Waals surface area contributed by atoms with Crippen molar-refractivity contribution >= 4 is 29.2 Å². The van der Waals surface area contributed by atoms with Gasteiger partial charge in [0, 0.05) is 35.0 Å². The topological polar surface area (TPSA) is 85.5 Å². The Bertz CT molecular complexity index is 1270. The van der Waals surface area contributed by atoms with Crippen LogP contribution in [-0.2, 0) is 10.2 Å². The molecule has 180 valence electrons. The number of hydrogen-bond donors (Lipinski definition) is 1. The molecule has 1 heterocycles. The van der Waals surface area contributed by atoms with E-state index in [9.17, 15) is 9.59 Å². The molecule has 0 atom stereocenters. The summed E-state index contributed by atoms with van der Waals surface area (Å²) in [7, 11) is 1.76. The molecular weight excluding hydrogens is 462 g/mol. The van der Waals surface area contributed by atoms with Gasteiger partial charge < -0.3 is 10.5 Å². The number of benzene rings is 2. The number of nitrogens with two attached hydrogens (primary N) is 1. The summed E-state index contributed by atoms with van der Waals surface area (Å²) in [4.78, 5) is 31.8. The van der Waals surface area contributed by atoms with E-state index in [0.717, 1.165) is 37.7 Å². The third kappa shape index (κ3) is 4.50. The van der Waals surface area contributed by atoms with E-state index in [1.54, 1.807) is 36.3 Å². The largest absolute Gasteiger partial charge is 0.489 e. The highest BCUT2D eigenvalue weighted by Crippen LogP contribution is 2.46. The Hall–Kier alpha value is -3.38. The molecule has 1 aromatic heterocycles. The van der Waals surface area contributed by atoms with Crippen molar-refractivity contribution in [3.05, 3.63) is 76.9 Å². The van der Waals surface area contributed by atoms with Crippen molar-refractivity contribution in [2.24, 2.45) is 11.7 Å². The second-order valence-corrected chi connectivity index (χ2v) is 9.93. The highest BCUT2D eigenvalue weighted by Gasteiger charge is 2.47. The van der Waals surface area contributed by atoms with Crippen LogP contribution in [0.3, 0.4) is 0 Å².